The summed E-state index contributed by atoms with van der Waals surface area (Å²) in [6, 6.07) is 11.9. The Morgan fingerprint density at radius 2 is 1.93 bits per heavy atom. The molecule has 2 aromatic carbocycles. The maximum atomic E-state index is 10.1. The Kier molecular flexibility index (Phi) is 6.52. The number of phenolic OH excluding ortho intramolecular Hbond substituents is 1. The fraction of sp³-hybridized carbons (Fsp3) is 0.360. The quantitative estimate of drug-likeness (QED) is 0.559. The molecule has 142 valence electrons. The van der Waals surface area contributed by atoms with Crippen LogP contribution in [0.5, 0.6) is 5.75 Å². The summed E-state index contributed by atoms with van der Waals surface area (Å²) < 4.78 is 5.94. The molecule has 2 heteroatoms. The van der Waals surface area contributed by atoms with Crippen molar-refractivity contribution in [3.63, 3.8) is 0 Å². The van der Waals surface area contributed by atoms with Crippen LogP contribution in [-0.4, -0.2) is 17.8 Å². The summed E-state index contributed by atoms with van der Waals surface area (Å²) in [7, 11) is 0. The third kappa shape index (κ3) is 4.51. The third-order valence-electron chi connectivity index (χ3n) is 5.38. The molecule has 2 nitrogen and oxygen atoms in total. The molecule has 1 N–H and O–H groups in total. The first-order chi connectivity index (χ1) is 13.1. The molecule has 0 spiro atoms. The minimum atomic E-state index is 0.175. The van der Waals surface area contributed by atoms with Crippen molar-refractivity contribution in [2.45, 2.75) is 52.1 Å². The van der Waals surface area contributed by atoms with Gasteiger partial charge in [0, 0.05) is 5.39 Å². The highest BCUT2D eigenvalue weighted by Crippen LogP contribution is 2.32. The van der Waals surface area contributed by atoms with Crippen LogP contribution in [0.25, 0.3) is 16.8 Å². The van der Waals surface area contributed by atoms with E-state index >= 15 is 0 Å². The smallest absolute Gasteiger partial charge is 0.123 e. The highest BCUT2D eigenvalue weighted by molar-refractivity contribution is 5.94. The normalized spacial score (nSPS) is 17.3. The molecule has 1 unspecified atom stereocenters. The largest absolute Gasteiger partial charge is 0.507 e. The van der Waals surface area contributed by atoms with Gasteiger partial charge >= 0.3 is 0 Å². The van der Waals surface area contributed by atoms with E-state index < -0.39 is 0 Å². The van der Waals surface area contributed by atoms with E-state index in [-0.39, 0.29) is 6.10 Å². The van der Waals surface area contributed by atoms with Gasteiger partial charge < -0.3 is 9.84 Å². The number of fused-ring (bicyclic) bond motifs is 1. The molecule has 2 aromatic rings. The Balaban J connectivity index is 1.81. The number of ether oxygens (including phenoxy) is 1. The molecule has 1 heterocycles. The van der Waals surface area contributed by atoms with Crippen LogP contribution in [0.3, 0.4) is 0 Å². The Morgan fingerprint density at radius 1 is 1.15 bits per heavy atom. The van der Waals surface area contributed by atoms with Gasteiger partial charge in [-0.05, 0) is 53.8 Å². The number of hydrogen-bond donors (Lipinski definition) is 1. The molecule has 0 amide bonds. The molecule has 0 aromatic heterocycles. The Labute approximate surface area is 162 Å². The number of rotatable bonds is 8. The van der Waals surface area contributed by atoms with Crippen LogP contribution in [0, 0.1) is 0 Å². The van der Waals surface area contributed by atoms with Crippen LogP contribution < -0.4 is 0 Å². The second kappa shape index (κ2) is 9.05. The van der Waals surface area contributed by atoms with E-state index in [1.807, 2.05) is 24.3 Å². The predicted octanol–water partition coefficient (Wildman–Crippen LogP) is 6.80. The molecular weight excluding hydrogens is 332 g/mol. The van der Waals surface area contributed by atoms with Gasteiger partial charge in [-0.3, -0.25) is 0 Å². The van der Waals surface area contributed by atoms with Gasteiger partial charge in [-0.15, -0.1) is 0 Å². The molecule has 27 heavy (non-hydrogen) atoms. The van der Waals surface area contributed by atoms with Crippen molar-refractivity contribution >= 4 is 16.8 Å². The van der Waals surface area contributed by atoms with Gasteiger partial charge in [-0.1, -0.05) is 74.9 Å². The fourth-order valence-corrected chi connectivity index (χ4v) is 3.85. The summed E-state index contributed by atoms with van der Waals surface area (Å²) >= 11 is 0. The lowest BCUT2D eigenvalue weighted by Crippen LogP contribution is -2.11. The maximum absolute atomic E-state index is 10.1. The van der Waals surface area contributed by atoms with Crippen molar-refractivity contribution in [2.24, 2.45) is 0 Å². The number of allylic oxidation sites excluding steroid dienone is 1. The van der Waals surface area contributed by atoms with E-state index in [1.54, 1.807) is 6.07 Å². The van der Waals surface area contributed by atoms with Gasteiger partial charge in [0.15, 0.2) is 0 Å². The molecule has 0 saturated heterocycles. The molecule has 0 aliphatic carbocycles. The topological polar surface area (TPSA) is 29.5 Å². The van der Waals surface area contributed by atoms with Crippen molar-refractivity contribution in [3.05, 3.63) is 71.3 Å². The molecule has 0 fully saturated rings. The zero-order chi connectivity index (χ0) is 19.2. The first-order valence-electron chi connectivity index (χ1n) is 10.0. The number of hydrogen-bond acceptors (Lipinski definition) is 2. The number of phenols is 1. The lowest BCUT2D eigenvalue weighted by Gasteiger charge is -2.17. The van der Waals surface area contributed by atoms with E-state index in [9.17, 15) is 5.11 Å². The van der Waals surface area contributed by atoms with Crippen LogP contribution >= 0.6 is 0 Å². The van der Waals surface area contributed by atoms with Gasteiger partial charge in [-0.2, -0.15) is 0 Å². The van der Waals surface area contributed by atoms with Crippen LogP contribution in [-0.2, 0) is 4.74 Å². The minimum absolute atomic E-state index is 0.175. The molecule has 0 radical (unpaired) electrons. The van der Waals surface area contributed by atoms with E-state index in [1.165, 1.54) is 22.3 Å². The second-order valence-electron chi connectivity index (χ2n) is 7.25. The van der Waals surface area contributed by atoms with Gasteiger partial charge in [0.25, 0.3) is 0 Å². The summed E-state index contributed by atoms with van der Waals surface area (Å²) in [5, 5.41) is 12.1. The van der Waals surface area contributed by atoms with Gasteiger partial charge in [-0.25, -0.2) is 0 Å². The summed E-state index contributed by atoms with van der Waals surface area (Å²) in [6.07, 6.45) is 9.85. The van der Waals surface area contributed by atoms with Gasteiger partial charge in [0.1, 0.15) is 5.75 Å². The molecule has 0 bridgehead atoms. The zero-order valence-electron chi connectivity index (χ0n) is 16.5. The summed E-state index contributed by atoms with van der Waals surface area (Å²) in [5.41, 5.74) is 5.10. The number of benzene rings is 2. The SMILES string of the molecule is C=C(CC)C1=CCOC1CC/C(=C/c1ccc(O)c2ccccc12)CCC. The van der Waals surface area contributed by atoms with Crippen LogP contribution in [0.2, 0.25) is 0 Å². The third-order valence-corrected chi connectivity index (χ3v) is 5.38. The lowest BCUT2D eigenvalue weighted by molar-refractivity contribution is 0.116. The lowest BCUT2D eigenvalue weighted by atomic mass is 9.93. The molecule has 0 saturated carbocycles. The molecule has 1 aliphatic rings. The minimum Gasteiger partial charge on any atom is -0.507 e. The highest BCUT2D eigenvalue weighted by Gasteiger charge is 2.21. The zero-order valence-corrected chi connectivity index (χ0v) is 16.5. The molecule has 1 atom stereocenters. The van der Waals surface area contributed by atoms with Crippen LogP contribution in [0.15, 0.2) is 65.8 Å². The Bertz CT molecular complexity index is 873. The van der Waals surface area contributed by atoms with Crippen molar-refractivity contribution in [1.82, 2.24) is 0 Å². The van der Waals surface area contributed by atoms with Crippen molar-refractivity contribution in [3.8, 4) is 5.75 Å². The number of aromatic hydroxyl groups is 1. The molecular formula is C25H30O2. The summed E-state index contributed by atoms with van der Waals surface area (Å²) in [6.45, 7) is 9.27. The monoisotopic (exact) mass is 362 g/mol. The van der Waals surface area contributed by atoms with E-state index in [0.29, 0.717) is 12.4 Å². The Morgan fingerprint density at radius 3 is 2.67 bits per heavy atom. The van der Waals surface area contributed by atoms with Crippen molar-refractivity contribution < 1.29 is 9.84 Å². The first-order valence-corrected chi connectivity index (χ1v) is 10.0. The van der Waals surface area contributed by atoms with Crippen LogP contribution in [0.1, 0.15) is 51.5 Å². The van der Waals surface area contributed by atoms with Crippen molar-refractivity contribution in [1.29, 1.82) is 0 Å². The predicted molar refractivity (Wildman–Crippen MR) is 115 cm³/mol. The molecule has 1 aliphatic heterocycles. The van der Waals surface area contributed by atoms with E-state index in [4.69, 9.17) is 4.74 Å². The van der Waals surface area contributed by atoms with Gasteiger partial charge in [0.2, 0.25) is 0 Å². The van der Waals surface area contributed by atoms with Crippen LogP contribution in [0.4, 0.5) is 0 Å². The summed E-state index contributed by atoms with van der Waals surface area (Å²) in [4.78, 5) is 0. The molecule has 3 rings (SSSR count). The van der Waals surface area contributed by atoms with Crippen molar-refractivity contribution in [2.75, 3.05) is 6.61 Å². The van der Waals surface area contributed by atoms with E-state index in [2.05, 4.69) is 38.6 Å². The summed E-state index contributed by atoms with van der Waals surface area (Å²) in [5.74, 6) is 0.340. The Hall–Kier alpha value is -2.32. The maximum Gasteiger partial charge on any atom is 0.123 e. The first kappa shape index (κ1) is 19.4. The van der Waals surface area contributed by atoms with E-state index in [0.717, 1.165) is 42.9 Å². The van der Waals surface area contributed by atoms with Gasteiger partial charge in [0.05, 0.1) is 12.7 Å². The second-order valence-corrected chi connectivity index (χ2v) is 7.25. The average molecular weight is 363 g/mol. The fourth-order valence-electron chi connectivity index (χ4n) is 3.85. The standard InChI is InChI=1S/C25H30O2/c1-4-8-19(11-14-25-21(15-16-27-25)18(3)5-2)17-20-12-13-24(26)23-10-7-6-9-22(20)23/h6-7,9-10,12-13,15,17,25-26H,3-5,8,11,14,16H2,1-2H3/b19-17+. The highest BCUT2D eigenvalue weighted by atomic mass is 16.5. The average Bonchev–Trinajstić information content (AvgIpc) is 3.16.